The first-order chi connectivity index (χ1) is 12.7. The number of hydrogen-bond acceptors (Lipinski definition) is 2. The van der Waals surface area contributed by atoms with Crippen molar-refractivity contribution >= 4 is 11.8 Å². The Morgan fingerprint density at radius 1 is 1.04 bits per heavy atom. The van der Waals surface area contributed by atoms with Gasteiger partial charge >= 0.3 is 0 Å². The van der Waals surface area contributed by atoms with Crippen LogP contribution in [0.3, 0.4) is 0 Å². The smallest absolute Gasteiger partial charge is 0.254 e. The van der Waals surface area contributed by atoms with E-state index in [1.54, 1.807) is 13.8 Å². The van der Waals surface area contributed by atoms with Gasteiger partial charge in [-0.25, -0.2) is 13.2 Å². The molecule has 1 unspecified atom stereocenters. The molecule has 0 saturated heterocycles. The SMILES string of the molecule is CC(C)C(NC(=O)c1ccccc1F)C(=O)N(C)Cc1ccc(F)cc1F. The molecule has 0 heterocycles. The van der Waals surface area contributed by atoms with Gasteiger partial charge in [-0.1, -0.05) is 32.0 Å². The predicted molar refractivity (Wildman–Crippen MR) is 95.3 cm³/mol. The van der Waals surface area contributed by atoms with E-state index in [4.69, 9.17) is 0 Å². The van der Waals surface area contributed by atoms with Crippen LogP contribution in [0.5, 0.6) is 0 Å². The molecule has 0 aliphatic rings. The molecular formula is C20H21F3N2O2. The molecule has 0 bridgehead atoms. The van der Waals surface area contributed by atoms with Crippen LogP contribution in [-0.2, 0) is 11.3 Å². The molecule has 2 aromatic rings. The second kappa shape index (κ2) is 8.70. The Balaban J connectivity index is 2.14. The summed E-state index contributed by atoms with van der Waals surface area (Å²) >= 11 is 0. The van der Waals surface area contributed by atoms with Crippen molar-refractivity contribution in [3.8, 4) is 0 Å². The molecule has 2 amide bonds. The number of carbonyl (C=O) groups is 2. The van der Waals surface area contributed by atoms with E-state index in [0.717, 1.165) is 18.2 Å². The quantitative estimate of drug-likeness (QED) is 0.836. The van der Waals surface area contributed by atoms with Crippen molar-refractivity contribution in [1.29, 1.82) is 0 Å². The minimum absolute atomic E-state index is 0.0935. The van der Waals surface area contributed by atoms with Crippen molar-refractivity contribution < 1.29 is 22.8 Å². The number of benzene rings is 2. The van der Waals surface area contributed by atoms with Crippen molar-refractivity contribution in [2.24, 2.45) is 5.92 Å². The highest BCUT2D eigenvalue weighted by atomic mass is 19.1. The zero-order valence-electron chi connectivity index (χ0n) is 15.3. The van der Waals surface area contributed by atoms with E-state index in [1.165, 1.54) is 36.2 Å². The fraction of sp³-hybridized carbons (Fsp3) is 0.300. The summed E-state index contributed by atoms with van der Waals surface area (Å²) in [4.78, 5) is 26.3. The van der Waals surface area contributed by atoms with Gasteiger partial charge in [-0.05, 0) is 24.1 Å². The molecule has 0 aliphatic carbocycles. The van der Waals surface area contributed by atoms with E-state index in [-0.39, 0.29) is 23.6 Å². The predicted octanol–water partition coefficient (Wildman–Crippen LogP) is 3.52. The molecule has 4 nitrogen and oxygen atoms in total. The van der Waals surface area contributed by atoms with Crippen molar-refractivity contribution in [2.45, 2.75) is 26.4 Å². The molecule has 7 heteroatoms. The molecule has 0 fully saturated rings. The van der Waals surface area contributed by atoms with Gasteiger partial charge in [0.05, 0.1) is 5.56 Å². The maximum Gasteiger partial charge on any atom is 0.254 e. The number of likely N-dealkylation sites (N-methyl/N-ethyl adjacent to an activating group) is 1. The highest BCUT2D eigenvalue weighted by Gasteiger charge is 2.28. The summed E-state index contributed by atoms with van der Waals surface area (Å²) in [5.41, 5.74) is -0.0154. The highest BCUT2D eigenvalue weighted by molar-refractivity contribution is 5.97. The van der Waals surface area contributed by atoms with E-state index in [0.29, 0.717) is 0 Å². The Morgan fingerprint density at radius 3 is 2.30 bits per heavy atom. The number of amides is 2. The van der Waals surface area contributed by atoms with E-state index in [2.05, 4.69) is 5.32 Å². The van der Waals surface area contributed by atoms with Crippen LogP contribution in [0.4, 0.5) is 13.2 Å². The summed E-state index contributed by atoms with van der Waals surface area (Å²) in [6.45, 7) is 3.37. The van der Waals surface area contributed by atoms with Crippen LogP contribution in [-0.4, -0.2) is 29.8 Å². The molecular weight excluding hydrogens is 357 g/mol. The largest absolute Gasteiger partial charge is 0.340 e. The van der Waals surface area contributed by atoms with Gasteiger partial charge in [0.2, 0.25) is 5.91 Å². The number of nitrogens with one attached hydrogen (secondary N) is 1. The highest BCUT2D eigenvalue weighted by Crippen LogP contribution is 2.15. The Bertz CT molecular complexity index is 840. The molecule has 0 aliphatic heterocycles. The Morgan fingerprint density at radius 2 is 1.70 bits per heavy atom. The van der Waals surface area contributed by atoms with Crippen molar-refractivity contribution in [3.63, 3.8) is 0 Å². The summed E-state index contributed by atoms with van der Waals surface area (Å²) in [5, 5.41) is 2.54. The van der Waals surface area contributed by atoms with Gasteiger partial charge in [0.15, 0.2) is 0 Å². The number of nitrogens with zero attached hydrogens (tertiary/aromatic N) is 1. The maximum atomic E-state index is 13.8. The molecule has 0 radical (unpaired) electrons. The Labute approximate surface area is 156 Å². The fourth-order valence-electron chi connectivity index (χ4n) is 2.60. The van der Waals surface area contributed by atoms with Crippen LogP contribution in [0.1, 0.15) is 29.8 Å². The lowest BCUT2D eigenvalue weighted by molar-refractivity contribution is -0.133. The first kappa shape index (κ1) is 20.5. The van der Waals surface area contributed by atoms with E-state index >= 15 is 0 Å². The van der Waals surface area contributed by atoms with Crippen LogP contribution in [0.25, 0.3) is 0 Å². The zero-order chi connectivity index (χ0) is 20.1. The number of carbonyl (C=O) groups excluding carboxylic acids is 2. The minimum atomic E-state index is -0.925. The lowest BCUT2D eigenvalue weighted by atomic mass is 10.0. The zero-order valence-corrected chi connectivity index (χ0v) is 15.3. The molecule has 0 saturated carbocycles. The fourth-order valence-corrected chi connectivity index (χ4v) is 2.60. The third-order valence-corrected chi connectivity index (χ3v) is 4.14. The minimum Gasteiger partial charge on any atom is -0.340 e. The second-order valence-electron chi connectivity index (χ2n) is 6.61. The van der Waals surface area contributed by atoms with Gasteiger partial charge in [-0.2, -0.15) is 0 Å². The summed E-state index contributed by atoms with van der Waals surface area (Å²) in [6, 6.07) is 7.65. The molecule has 1 N–H and O–H groups in total. The topological polar surface area (TPSA) is 49.4 Å². The van der Waals surface area contributed by atoms with Crippen molar-refractivity contribution in [2.75, 3.05) is 7.05 Å². The summed E-state index contributed by atoms with van der Waals surface area (Å²) in [6.07, 6.45) is 0. The van der Waals surface area contributed by atoms with Crippen LogP contribution in [0.2, 0.25) is 0 Å². The number of hydrogen-bond donors (Lipinski definition) is 1. The molecule has 27 heavy (non-hydrogen) atoms. The van der Waals surface area contributed by atoms with Gasteiger partial charge < -0.3 is 10.2 Å². The summed E-state index contributed by atoms with van der Waals surface area (Å²) in [5.74, 6) is -3.60. The van der Waals surface area contributed by atoms with Crippen LogP contribution in [0, 0.1) is 23.4 Å². The number of rotatable bonds is 6. The van der Waals surface area contributed by atoms with E-state index < -0.39 is 35.3 Å². The van der Waals surface area contributed by atoms with Gasteiger partial charge in [-0.15, -0.1) is 0 Å². The third-order valence-electron chi connectivity index (χ3n) is 4.14. The van der Waals surface area contributed by atoms with Crippen molar-refractivity contribution in [3.05, 3.63) is 71.0 Å². The molecule has 1 atom stereocenters. The molecule has 0 spiro atoms. The third kappa shape index (κ3) is 5.09. The van der Waals surface area contributed by atoms with Crippen molar-refractivity contribution in [1.82, 2.24) is 10.2 Å². The Hall–Kier alpha value is -2.83. The van der Waals surface area contributed by atoms with Crippen LogP contribution >= 0.6 is 0 Å². The van der Waals surface area contributed by atoms with E-state index in [9.17, 15) is 22.8 Å². The van der Waals surface area contributed by atoms with Crippen LogP contribution in [0.15, 0.2) is 42.5 Å². The Kier molecular flexibility index (Phi) is 6.60. The first-order valence-corrected chi connectivity index (χ1v) is 8.45. The first-order valence-electron chi connectivity index (χ1n) is 8.45. The van der Waals surface area contributed by atoms with Crippen LogP contribution < -0.4 is 5.32 Å². The van der Waals surface area contributed by atoms with E-state index in [1.807, 2.05) is 0 Å². The average molecular weight is 378 g/mol. The molecule has 2 aromatic carbocycles. The van der Waals surface area contributed by atoms with Gasteiger partial charge in [0, 0.05) is 25.2 Å². The van der Waals surface area contributed by atoms with Gasteiger partial charge in [-0.3, -0.25) is 9.59 Å². The standard InChI is InChI=1S/C20H21F3N2O2/c1-12(2)18(24-19(26)15-6-4-5-7-16(15)22)20(27)25(3)11-13-8-9-14(21)10-17(13)23/h4-10,12,18H,11H2,1-3H3,(H,24,26). The monoisotopic (exact) mass is 378 g/mol. The lowest BCUT2D eigenvalue weighted by Crippen LogP contribution is -2.50. The summed E-state index contributed by atoms with van der Waals surface area (Å²) in [7, 11) is 1.45. The molecule has 2 rings (SSSR count). The molecule has 144 valence electrons. The molecule has 0 aromatic heterocycles. The lowest BCUT2D eigenvalue weighted by Gasteiger charge is -2.27. The maximum absolute atomic E-state index is 13.8. The second-order valence-corrected chi connectivity index (χ2v) is 6.61. The average Bonchev–Trinajstić information content (AvgIpc) is 2.61. The van der Waals surface area contributed by atoms with Gasteiger partial charge in [0.1, 0.15) is 23.5 Å². The number of halogens is 3. The normalized spacial score (nSPS) is 12.0. The van der Waals surface area contributed by atoms with Gasteiger partial charge in [0.25, 0.3) is 5.91 Å². The summed E-state index contributed by atoms with van der Waals surface area (Å²) < 4.78 is 40.6.